The van der Waals surface area contributed by atoms with Crippen LogP contribution in [0.5, 0.6) is 0 Å². The number of rotatable bonds is 2. The van der Waals surface area contributed by atoms with Crippen LogP contribution in [0.15, 0.2) is 30.3 Å². The van der Waals surface area contributed by atoms with Crippen molar-refractivity contribution in [1.29, 1.82) is 0 Å². The van der Waals surface area contributed by atoms with Crippen LogP contribution in [0.25, 0.3) is 0 Å². The fourth-order valence-electron chi connectivity index (χ4n) is 3.39. The molecule has 2 aromatic rings. The van der Waals surface area contributed by atoms with E-state index in [0.29, 0.717) is 0 Å². The lowest BCUT2D eigenvalue weighted by Crippen LogP contribution is -2.32. The maximum atomic E-state index is 6.37. The van der Waals surface area contributed by atoms with Crippen LogP contribution in [-0.4, -0.2) is 10.2 Å². The zero-order valence-corrected chi connectivity index (χ0v) is 13.5. The molecule has 21 heavy (non-hydrogen) atoms. The summed E-state index contributed by atoms with van der Waals surface area (Å²) in [5.41, 5.74) is 4.45. The summed E-state index contributed by atoms with van der Waals surface area (Å²) in [7, 11) is 0. The van der Waals surface area contributed by atoms with E-state index in [-0.39, 0.29) is 5.41 Å². The lowest BCUT2D eigenvalue weighted by Gasteiger charge is -2.37. The van der Waals surface area contributed by atoms with E-state index in [0.717, 1.165) is 34.8 Å². The smallest absolute Gasteiger partial charge is 0.0736 e. The molecule has 1 heterocycles. The van der Waals surface area contributed by atoms with Gasteiger partial charge < -0.3 is 0 Å². The van der Waals surface area contributed by atoms with Gasteiger partial charge in [-0.2, -0.15) is 10.2 Å². The molecule has 0 saturated heterocycles. The van der Waals surface area contributed by atoms with E-state index in [1.54, 1.807) is 0 Å². The largest absolute Gasteiger partial charge is 0.156 e. The Kier molecular flexibility index (Phi) is 3.99. The van der Waals surface area contributed by atoms with Crippen LogP contribution in [0.1, 0.15) is 54.6 Å². The van der Waals surface area contributed by atoms with Crippen LogP contribution in [-0.2, 0) is 5.41 Å². The maximum Gasteiger partial charge on any atom is 0.0736 e. The number of benzene rings is 1. The average molecular weight is 301 g/mol. The Labute approximate surface area is 131 Å². The predicted octanol–water partition coefficient (Wildman–Crippen LogP) is 5.00. The third-order valence-corrected chi connectivity index (χ3v) is 5.13. The Morgan fingerprint density at radius 3 is 2.33 bits per heavy atom. The molecule has 2 nitrogen and oxygen atoms in total. The van der Waals surface area contributed by atoms with Gasteiger partial charge in [-0.05, 0) is 56.0 Å². The minimum Gasteiger partial charge on any atom is -0.156 e. The first-order valence-electron chi connectivity index (χ1n) is 7.69. The number of hydrogen-bond acceptors (Lipinski definition) is 2. The molecule has 1 aliphatic carbocycles. The fourth-order valence-corrected chi connectivity index (χ4v) is 3.57. The molecular weight excluding hydrogens is 280 g/mol. The van der Waals surface area contributed by atoms with Gasteiger partial charge in [0.1, 0.15) is 0 Å². The number of halogens is 1. The molecule has 1 aromatic carbocycles. The average Bonchev–Trinajstić information content (AvgIpc) is 2.51. The van der Waals surface area contributed by atoms with E-state index in [1.807, 2.05) is 13.8 Å². The van der Waals surface area contributed by atoms with Crippen LogP contribution in [0.4, 0.5) is 0 Å². The molecule has 0 spiro atoms. The van der Waals surface area contributed by atoms with Gasteiger partial charge in [0.15, 0.2) is 0 Å². The highest BCUT2D eigenvalue weighted by Crippen LogP contribution is 2.44. The Balaban J connectivity index is 2.12. The second kappa shape index (κ2) is 5.76. The number of nitrogens with zero attached hydrogens (tertiary/aromatic N) is 2. The van der Waals surface area contributed by atoms with Crippen molar-refractivity contribution in [3.05, 3.63) is 57.9 Å². The summed E-state index contributed by atoms with van der Waals surface area (Å²) < 4.78 is 0. The third-order valence-electron chi connectivity index (χ3n) is 4.72. The topological polar surface area (TPSA) is 25.8 Å². The van der Waals surface area contributed by atoms with E-state index < -0.39 is 0 Å². The summed E-state index contributed by atoms with van der Waals surface area (Å²) in [6, 6.07) is 10.7. The van der Waals surface area contributed by atoms with E-state index >= 15 is 0 Å². The molecule has 1 fully saturated rings. The van der Waals surface area contributed by atoms with E-state index in [9.17, 15) is 0 Å². The highest BCUT2D eigenvalue weighted by molar-refractivity contribution is 6.31. The summed E-state index contributed by atoms with van der Waals surface area (Å²) in [5, 5.41) is 9.64. The van der Waals surface area contributed by atoms with Gasteiger partial charge in [-0.15, -0.1) is 0 Å². The highest BCUT2D eigenvalue weighted by atomic mass is 35.5. The molecule has 1 saturated carbocycles. The summed E-state index contributed by atoms with van der Waals surface area (Å²) >= 11 is 6.37. The van der Waals surface area contributed by atoms with Crippen LogP contribution in [0.2, 0.25) is 5.02 Å². The quantitative estimate of drug-likeness (QED) is 0.780. The normalized spacial score (nSPS) is 17.7. The molecule has 1 aromatic heterocycles. The molecular formula is C18H21ClN2. The molecule has 0 bridgehead atoms. The lowest BCUT2D eigenvalue weighted by molar-refractivity contribution is 0.336. The molecule has 110 valence electrons. The molecule has 0 radical (unpaired) electrons. The fraction of sp³-hybridized carbons (Fsp3) is 0.444. The number of hydrogen-bond donors (Lipinski definition) is 0. The molecule has 0 atom stereocenters. The molecule has 0 unspecified atom stereocenters. The molecule has 0 amide bonds. The Morgan fingerprint density at radius 1 is 0.952 bits per heavy atom. The minimum atomic E-state index is -0.0176. The van der Waals surface area contributed by atoms with Gasteiger partial charge in [0.25, 0.3) is 0 Å². The standard InChI is InChI=1S/C18H21ClN2/c1-13-6-8-15(12-16(13)19)18(10-4-3-5-11-18)17-9-7-14(2)20-21-17/h6-9,12H,3-5,10-11H2,1-2H3. The Hall–Kier alpha value is -1.41. The number of aryl methyl sites for hydroxylation is 2. The van der Waals surface area contributed by atoms with Crippen molar-refractivity contribution in [2.75, 3.05) is 0 Å². The van der Waals surface area contributed by atoms with Crippen molar-refractivity contribution in [1.82, 2.24) is 10.2 Å². The first-order chi connectivity index (χ1) is 10.1. The van der Waals surface area contributed by atoms with Gasteiger partial charge in [0, 0.05) is 10.4 Å². The van der Waals surface area contributed by atoms with E-state index in [1.165, 1.54) is 24.8 Å². The van der Waals surface area contributed by atoms with Crippen LogP contribution < -0.4 is 0 Å². The molecule has 0 aliphatic heterocycles. The first-order valence-corrected chi connectivity index (χ1v) is 8.07. The zero-order chi connectivity index (χ0) is 14.9. The highest BCUT2D eigenvalue weighted by Gasteiger charge is 2.37. The van der Waals surface area contributed by atoms with Gasteiger partial charge in [-0.3, -0.25) is 0 Å². The minimum absolute atomic E-state index is 0.0176. The Bertz CT molecular complexity index is 628. The van der Waals surface area contributed by atoms with Crippen molar-refractivity contribution in [3.63, 3.8) is 0 Å². The number of aromatic nitrogens is 2. The van der Waals surface area contributed by atoms with Crippen molar-refractivity contribution >= 4 is 11.6 Å². The second-order valence-corrected chi connectivity index (χ2v) is 6.57. The van der Waals surface area contributed by atoms with Crippen molar-refractivity contribution in [3.8, 4) is 0 Å². The summed E-state index contributed by atoms with van der Waals surface area (Å²) in [6.07, 6.45) is 6.04. The summed E-state index contributed by atoms with van der Waals surface area (Å²) in [6.45, 7) is 4.03. The van der Waals surface area contributed by atoms with E-state index in [4.69, 9.17) is 11.6 Å². The van der Waals surface area contributed by atoms with E-state index in [2.05, 4.69) is 40.5 Å². The molecule has 3 heteroatoms. The van der Waals surface area contributed by atoms with Gasteiger partial charge in [0.05, 0.1) is 11.4 Å². The van der Waals surface area contributed by atoms with Gasteiger partial charge in [0.2, 0.25) is 0 Å². The molecule has 0 N–H and O–H groups in total. The third kappa shape index (κ3) is 2.69. The Morgan fingerprint density at radius 2 is 1.71 bits per heavy atom. The van der Waals surface area contributed by atoms with Crippen LogP contribution in [0.3, 0.4) is 0 Å². The predicted molar refractivity (Wildman–Crippen MR) is 86.8 cm³/mol. The maximum absolute atomic E-state index is 6.37. The lowest BCUT2D eigenvalue weighted by atomic mass is 9.67. The zero-order valence-electron chi connectivity index (χ0n) is 12.7. The SMILES string of the molecule is Cc1ccc(C2(c3ccc(C)c(Cl)c3)CCCCC2)nn1. The van der Waals surface area contributed by atoms with Crippen molar-refractivity contribution in [2.45, 2.75) is 51.4 Å². The molecule has 1 aliphatic rings. The second-order valence-electron chi connectivity index (χ2n) is 6.17. The van der Waals surface area contributed by atoms with Gasteiger partial charge in [-0.1, -0.05) is 43.0 Å². The summed E-state index contributed by atoms with van der Waals surface area (Å²) in [4.78, 5) is 0. The van der Waals surface area contributed by atoms with Crippen LogP contribution in [0, 0.1) is 13.8 Å². The van der Waals surface area contributed by atoms with Crippen molar-refractivity contribution < 1.29 is 0 Å². The van der Waals surface area contributed by atoms with Crippen LogP contribution >= 0.6 is 11.6 Å². The molecule has 3 rings (SSSR count). The van der Waals surface area contributed by atoms with Gasteiger partial charge in [-0.25, -0.2) is 0 Å². The first kappa shape index (κ1) is 14.5. The summed E-state index contributed by atoms with van der Waals surface area (Å²) in [5.74, 6) is 0. The van der Waals surface area contributed by atoms with Crippen molar-refractivity contribution in [2.24, 2.45) is 0 Å². The van der Waals surface area contributed by atoms with Gasteiger partial charge >= 0.3 is 0 Å². The monoisotopic (exact) mass is 300 g/mol.